The standard InChI is InChI=1S/C24H30N4O3/c1-5-30-20-11-7-6-9-18(20)13-25-23(29)19-10-8-12-28(14-19)22-21-15(2)16(3)31-24(21)27-17(4)26-22/h6-7,9,11,19H,5,8,10,12-14H2,1-4H3,(H,25,29). The fourth-order valence-corrected chi connectivity index (χ4v) is 4.22. The lowest BCUT2D eigenvalue weighted by Crippen LogP contribution is -2.43. The molecule has 1 saturated heterocycles. The summed E-state index contributed by atoms with van der Waals surface area (Å²) in [6, 6.07) is 7.83. The first-order valence-corrected chi connectivity index (χ1v) is 11.0. The number of ether oxygens (including phenoxy) is 1. The predicted octanol–water partition coefficient (Wildman–Crippen LogP) is 4.08. The van der Waals surface area contributed by atoms with Crippen LogP contribution in [0.2, 0.25) is 0 Å². The second kappa shape index (κ2) is 8.96. The van der Waals surface area contributed by atoms with Crippen LogP contribution in [0.3, 0.4) is 0 Å². The summed E-state index contributed by atoms with van der Waals surface area (Å²) in [4.78, 5) is 24.4. The van der Waals surface area contributed by atoms with Crippen molar-refractivity contribution in [2.45, 2.75) is 47.1 Å². The van der Waals surface area contributed by atoms with Gasteiger partial charge in [0.15, 0.2) is 0 Å². The Hall–Kier alpha value is -3.09. The van der Waals surface area contributed by atoms with Gasteiger partial charge in [0.1, 0.15) is 23.2 Å². The van der Waals surface area contributed by atoms with Gasteiger partial charge in [-0.25, -0.2) is 4.98 Å². The highest BCUT2D eigenvalue weighted by Crippen LogP contribution is 2.33. The summed E-state index contributed by atoms with van der Waals surface area (Å²) in [5.74, 6) is 3.20. The minimum absolute atomic E-state index is 0.0677. The number of nitrogens with zero attached hydrogens (tertiary/aromatic N) is 3. The first kappa shape index (κ1) is 21.2. The number of nitrogens with one attached hydrogen (secondary N) is 1. The van der Waals surface area contributed by atoms with E-state index in [4.69, 9.17) is 14.1 Å². The van der Waals surface area contributed by atoms with E-state index in [9.17, 15) is 4.79 Å². The molecular weight excluding hydrogens is 392 g/mol. The number of carbonyl (C=O) groups excluding carboxylic acids is 1. The first-order valence-electron chi connectivity index (χ1n) is 11.0. The van der Waals surface area contributed by atoms with Gasteiger partial charge in [0, 0.05) is 30.8 Å². The van der Waals surface area contributed by atoms with Crippen LogP contribution in [0.1, 0.15) is 42.5 Å². The van der Waals surface area contributed by atoms with Crippen LogP contribution in [0.25, 0.3) is 11.1 Å². The number of amides is 1. The largest absolute Gasteiger partial charge is 0.494 e. The van der Waals surface area contributed by atoms with Crippen molar-refractivity contribution in [1.29, 1.82) is 0 Å². The fraction of sp³-hybridized carbons (Fsp3) is 0.458. The van der Waals surface area contributed by atoms with Crippen molar-refractivity contribution in [3.63, 3.8) is 0 Å². The van der Waals surface area contributed by atoms with Crippen LogP contribution in [0.4, 0.5) is 5.82 Å². The Labute approximate surface area is 182 Å². The topological polar surface area (TPSA) is 80.5 Å². The Balaban J connectivity index is 1.49. The molecule has 0 radical (unpaired) electrons. The van der Waals surface area contributed by atoms with E-state index in [0.717, 1.165) is 53.2 Å². The molecule has 7 nitrogen and oxygen atoms in total. The highest BCUT2D eigenvalue weighted by Gasteiger charge is 2.29. The highest BCUT2D eigenvalue weighted by atomic mass is 16.5. The summed E-state index contributed by atoms with van der Waals surface area (Å²) in [7, 11) is 0. The molecule has 1 aliphatic rings. The maximum absolute atomic E-state index is 13.0. The zero-order valence-electron chi connectivity index (χ0n) is 18.7. The Morgan fingerprint density at radius 3 is 2.87 bits per heavy atom. The second-order valence-electron chi connectivity index (χ2n) is 8.10. The Bertz CT molecular complexity index is 1090. The molecular formula is C24H30N4O3. The van der Waals surface area contributed by atoms with E-state index in [-0.39, 0.29) is 11.8 Å². The third kappa shape index (κ3) is 4.36. The molecule has 0 saturated carbocycles. The van der Waals surface area contributed by atoms with Crippen molar-refractivity contribution in [3.05, 3.63) is 47.0 Å². The predicted molar refractivity (Wildman–Crippen MR) is 120 cm³/mol. The molecule has 1 aliphatic heterocycles. The lowest BCUT2D eigenvalue weighted by atomic mass is 9.96. The normalized spacial score (nSPS) is 16.5. The third-order valence-corrected chi connectivity index (χ3v) is 5.94. The van der Waals surface area contributed by atoms with E-state index in [1.807, 2.05) is 52.0 Å². The van der Waals surface area contributed by atoms with Gasteiger partial charge in [0.2, 0.25) is 11.6 Å². The number of piperidine rings is 1. The SMILES string of the molecule is CCOc1ccccc1CNC(=O)C1CCCN(c2nc(C)nc3oc(C)c(C)c23)C1. The monoisotopic (exact) mass is 422 g/mol. The summed E-state index contributed by atoms with van der Waals surface area (Å²) in [5, 5.41) is 4.06. The van der Waals surface area contributed by atoms with Crippen molar-refractivity contribution in [1.82, 2.24) is 15.3 Å². The van der Waals surface area contributed by atoms with Crippen LogP contribution in [0.5, 0.6) is 5.75 Å². The molecule has 3 heterocycles. The van der Waals surface area contributed by atoms with Gasteiger partial charge < -0.3 is 19.4 Å². The number of hydrogen-bond donors (Lipinski definition) is 1. The number of furan rings is 1. The van der Waals surface area contributed by atoms with Crippen LogP contribution in [0.15, 0.2) is 28.7 Å². The molecule has 1 atom stereocenters. The Morgan fingerprint density at radius 2 is 2.06 bits per heavy atom. The molecule has 1 aromatic carbocycles. The van der Waals surface area contributed by atoms with Crippen LogP contribution in [-0.2, 0) is 11.3 Å². The highest BCUT2D eigenvalue weighted by molar-refractivity contribution is 5.90. The minimum atomic E-state index is -0.0911. The molecule has 7 heteroatoms. The van der Waals surface area contributed by atoms with Crippen molar-refractivity contribution in [2.75, 3.05) is 24.6 Å². The number of anilines is 1. The maximum Gasteiger partial charge on any atom is 0.231 e. The second-order valence-corrected chi connectivity index (χ2v) is 8.10. The number of fused-ring (bicyclic) bond motifs is 1. The number of aromatic nitrogens is 2. The molecule has 2 aromatic heterocycles. The summed E-state index contributed by atoms with van der Waals surface area (Å²) in [5.41, 5.74) is 2.67. The van der Waals surface area contributed by atoms with Crippen LogP contribution < -0.4 is 15.0 Å². The van der Waals surface area contributed by atoms with E-state index in [1.165, 1.54) is 0 Å². The average Bonchev–Trinajstić information content (AvgIpc) is 3.05. The molecule has 3 aromatic rings. The van der Waals surface area contributed by atoms with Gasteiger partial charge in [-0.2, -0.15) is 4.98 Å². The zero-order chi connectivity index (χ0) is 22.0. The van der Waals surface area contributed by atoms with E-state index in [2.05, 4.69) is 15.2 Å². The molecule has 0 aliphatic carbocycles. The van der Waals surface area contributed by atoms with Gasteiger partial charge in [-0.05, 0) is 46.6 Å². The number of aryl methyl sites for hydroxylation is 3. The summed E-state index contributed by atoms with van der Waals surface area (Å²) in [6.45, 7) is 10.4. The van der Waals surface area contributed by atoms with Gasteiger partial charge in [-0.15, -0.1) is 0 Å². The Morgan fingerprint density at radius 1 is 1.26 bits per heavy atom. The van der Waals surface area contributed by atoms with E-state index in [0.29, 0.717) is 31.2 Å². The average molecular weight is 423 g/mol. The van der Waals surface area contributed by atoms with Crippen molar-refractivity contribution in [2.24, 2.45) is 5.92 Å². The fourth-order valence-electron chi connectivity index (χ4n) is 4.22. The van der Waals surface area contributed by atoms with E-state index < -0.39 is 0 Å². The molecule has 1 N–H and O–H groups in total. The molecule has 164 valence electrons. The molecule has 4 rings (SSSR count). The van der Waals surface area contributed by atoms with Crippen molar-refractivity contribution >= 4 is 22.8 Å². The van der Waals surface area contributed by atoms with Gasteiger partial charge in [-0.3, -0.25) is 4.79 Å². The number of hydrogen-bond acceptors (Lipinski definition) is 6. The van der Waals surface area contributed by atoms with Crippen LogP contribution >= 0.6 is 0 Å². The van der Waals surface area contributed by atoms with Gasteiger partial charge >= 0.3 is 0 Å². The third-order valence-electron chi connectivity index (χ3n) is 5.94. The minimum Gasteiger partial charge on any atom is -0.494 e. The molecule has 31 heavy (non-hydrogen) atoms. The number of rotatable bonds is 6. The maximum atomic E-state index is 13.0. The summed E-state index contributed by atoms with van der Waals surface area (Å²) in [6.07, 6.45) is 1.81. The smallest absolute Gasteiger partial charge is 0.231 e. The van der Waals surface area contributed by atoms with E-state index in [1.54, 1.807) is 0 Å². The van der Waals surface area contributed by atoms with Crippen molar-refractivity contribution < 1.29 is 13.9 Å². The van der Waals surface area contributed by atoms with Gasteiger partial charge in [-0.1, -0.05) is 18.2 Å². The molecule has 1 fully saturated rings. The summed E-state index contributed by atoms with van der Waals surface area (Å²) >= 11 is 0. The lowest BCUT2D eigenvalue weighted by Gasteiger charge is -2.33. The first-order chi connectivity index (χ1) is 15.0. The van der Waals surface area contributed by atoms with Gasteiger partial charge in [0.25, 0.3) is 0 Å². The van der Waals surface area contributed by atoms with Crippen LogP contribution in [-0.4, -0.2) is 35.6 Å². The molecule has 0 spiro atoms. The van der Waals surface area contributed by atoms with Crippen molar-refractivity contribution in [3.8, 4) is 5.75 Å². The Kier molecular flexibility index (Phi) is 6.11. The summed E-state index contributed by atoms with van der Waals surface area (Å²) < 4.78 is 11.5. The van der Waals surface area contributed by atoms with E-state index >= 15 is 0 Å². The number of benzene rings is 1. The quantitative estimate of drug-likeness (QED) is 0.645. The van der Waals surface area contributed by atoms with Gasteiger partial charge in [0.05, 0.1) is 17.9 Å². The molecule has 0 bridgehead atoms. The zero-order valence-corrected chi connectivity index (χ0v) is 18.7. The number of carbonyl (C=O) groups is 1. The molecule has 1 amide bonds. The number of para-hydroxylation sites is 1. The van der Waals surface area contributed by atoms with Crippen LogP contribution in [0, 0.1) is 26.7 Å². The lowest BCUT2D eigenvalue weighted by molar-refractivity contribution is -0.125. The molecule has 1 unspecified atom stereocenters.